The molecule has 2 atom stereocenters. The topological polar surface area (TPSA) is 131 Å². The lowest BCUT2D eigenvalue weighted by Gasteiger charge is -2.15. The Morgan fingerprint density at radius 1 is 0.615 bits per heavy atom. The van der Waals surface area contributed by atoms with E-state index >= 15 is 0 Å². The van der Waals surface area contributed by atoms with Crippen LogP contribution in [-0.2, 0) is 27.9 Å². The van der Waals surface area contributed by atoms with Gasteiger partial charge in [-0.15, -0.1) is 0 Å². The van der Waals surface area contributed by atoms with Gasteiger partial charge in [0.2, 0.25) is 5.91 Å². The second-order valence-electron chi connectivity index (χ2n) is 13.2. The number of ether oxygens (including phenoxy) is 1. The first-order chi connectivity index (χ1) is 25.3. The Hall–Kier alpha value is -2.29. The zero-order valence-corrected chi connectivity index (χ0v) is 33.6. The monoisotopic (exact) mass is 752 g/mol. The summed E-state index contributed by atoms with van der Waals surface area (Å²) in [5.41, 5.74) is 0. The van der Waals surface area contributed by atoms with Gasteiger partial charge in [0.05, 0.1) is 13.2 Å². The van der Waals surface area contributed by atoms with Crippen molar-refractivity contribution in [3.63, 3.8) is 0 Å². The first-order valence-electron chi connectivity index (χ1n) is 20.3. The summed E-state index contributed by atoms with van der Waals surface area (Å²) < 4.78 is 26.8. The van der Waals surface area contributed by atoms with Gasteiger partial charge >= 0.3 is 13.8 Å². The second kappa shape index (κ2) is 38.4. The average molecular weight is 752 g/mol. The van der Waals surface area contributed by atoms with Crippen LogP contribution in [0.5, 0.6) is 0 Å². The third-order valence-corrected chi connectivity index (χ3v) is 9.17. The predicted octanol–water partition coefficient (Wildman–Crippen LogP) is 10.9. The highest BCUT2D eigenvalue weighted by atomic mass is 31.2. The molecular weight excluding hydrogens is 677 g/mol. The van der Waals surface area contributed by atoms with Gasteiger partial charge in [-0.2, -0.15) is 0 Å². The van der Waals surface area contributed by atoms with Crippen molar-refractivity contribution >= 4 is 19.7 Å². The second-order valence-corrected chi connectivity index (χ2v) is 14.7. The molecule has 9 nitrogen and oxygen atoms in total. The number of amides is 1. The highest BCUT2D eigenvalue weighted by molar-refractivity contribution is 7.47. The number of aliphatic hydroxyl groups is 1. The first kappa shape index (κ1) is 49.7. The van der Waals surface area contributed by atoms with E-state index in [9.17, 15) is 24.2 Å². The van der Waals surface area contributed by atoms with E-state index in [1.165, 1.54) is 51.4 Å². The molecule has 0 rings (SSSR count). The van der Waals surface area contributed by atoms with E-state index in [0.717, 1.165) is 83.5 Å². The van der Waals surface area contributed by atoms with Gasteiger partial charge in [-0.3, -0.25) is 18.6 Å². The Morgan fingerprint density at radius 3 is 1.69 bits per heavy atom. The summed E-state index contributed by atoms with van der Waals surface area (Å²) in [6.45, 7) is 3.36. The molecule has 0 aromatic rings. The van der Waals surface area contributed by atoms with E-state index in [-0.39, 0.29) is 32.1 Å². The zero-order chi connectivity index (χ0) is 38.2. The molecule has 0 aliphatic heterocycles. The molecule has 0 spiro atoms. The van der Waals surface area contributed by atoms with Gasteiger partial charge in [0.15, 0.2) is 0 Å². The van der Waals surface area contributed by atoms with Crippen molar-refractivity contribution in [3.05, 3.63) is 60.8 Å². The maximum absolute atomic E-state index is 12.1. The number of aliphatic hydroxyl groups excluding tert-OH is 1. The van der Waals surface area contributed by atoms with Crippen LogP contribution in [0.3, 0.4) is 0 Å². The quantitative estimate of drug-likeness (QED) is 0.0247. The Labute approximate surface area is 317 Å². The average Bonchev–Trinajstić information content (AvgIpc) is 3.13. The van der Waals surface area contributed by atoms with E-state index < -0.39 is 26.5 Å². The van der Waals surface area contributed by atoms with Gasteiger partial charge in [-0.05, 0) is 77.0 Å². The third-order valence-electron chi connectivity index (χ3n) is 8.18. The SMILES string of the molecule is CC/C=C\C/C=C\C/C=C\C/C=C\CCCCC(=O)NCCOP(=O)(O)OCC(O)COC(=O)CCCCCCC/C=C\CCCCCCCCC. The number of phosphoric acid groups is 1. The molecule has 52 heavy (non-hydrogen) atoms. The minimum absolute atomic E-state index is 0.0557. The molecule has 0 aliphatic carbocycles. The number of unbranched alkanes of at least 4 members (excludes halogenated alkanes) is 14. The van der Waals surface area contributed by atoms with Crippen LogP contribution in [0.1, 0.15) is 162 Å². The van der Waals surface area contributed by atoms with Crippen molar-refractivity contribution in [3.8, 4) is 0 Å². The maximum atomic E-state index is 12.1. The molecule has 0 saturated heterocycles. The number of rotatable bonds is 37. The summed E-state index contributed by atoms with van der Waals surface area (Å²) in [7, 11) is -4.43. The fourth-order valence-electron chi connectivity index (χ4n) is 5.13. The number of allylic oxidation sites excluding steroid dienone is 10. The van der Waals surface area contributed by atoms with Crippen LogP contribution in [0.25, 0.3) is 0 Å². The third kappa shape index (κ3) is 38.9. The summed E-state index contributed by atoms with van der Waals surface area (Å²) in [4.78, 5) is 33.8. The molecule has 0 aromatic heterocycles. The maximum Gasteiger partial charge on any atom is 0.472 e. The molecule has 3 N–H and O–H groups in total. The Morgan fingerprint density at radius 2 is 1.10 bits per heavy atom. The van der Waals surface area contributed by atoms with Crippen LogP contribution in [0, 0.1) is 0 Å². The molecule has 0 aliphatic rings. The molecule has 0 bridgehead atoms. The molecular formula is C42H74NO8P. The van der Waals surface area contributed by atoms with E-state index in [4.69, 9.17) is 13.8 Å². The van der Waals surface area contributed by atoms with Crippen molar-refractivity contribution in [2.75, 3.05) is 26.4 Å². The number of hydrogen-bond donors (Lipinski definition) is 3. The van der Waals surface area contributed by atoms with E-state index in [0.29, 0.717) is 6.42 Å². The summed E-state index contributed by atoms with van der Waals surface area (Å²) in [6, 6.07) is 0. The molecule has 0 aromatic carbocycles. The minimum atomic E-state index is -4.43. The van der Waals surface area contributed by atoms with Crippen molar-refractivity contribution in [2.24, 2.45) is 0 Å². The number of nitrogens with one attached hydrogen (secondary N) is 1. The zero-order valence-electron chi connectivity index (χ0n) is 32.7. The Balaban J connectivity index is 3.69. The van der Waals surface area contributed by atoms with E-state index in [2.05, 4.69) is 79.9 Å². The van der Waals surface area contributed by atoms with Gasteiger partial charge in [0.1, 0.15) is 12.7 Å². The Kier molecular flexibility index (Phi) is 36.7. The Bertz CT molecular complexity index is 1040. The van der Waals surface area contributed by atoms with Gasteiger partial charge in [0.25, 0.3) is 0 Å². The van der Waals surface area contributed by atoms with E-state index in [1.807, 2.05) is 0 Å². The van der Waals surface area contributed by atoms with Crippen molar-refractivity contribution in [2.45, 2.75) is 168 Å². The van der Waals surface area contributed by atoms with Crippen LogP contribution in [-0.4, -0.2) is 54.3 Å². The minimum Gasteiger partial charge on any atom is -0.463 e. The lowest BCUT2D eigenvalue weighted by Crippen LogP contribution is -2.27. The van der Waals surface area contributed by atoms with Gasteiger partial charge in [-0.1, -0.05) is 132 Å². The number of carbonyl (C=O) groups is 2. The fraction of sp³-hybridized carbons (Fsp3) is 0.714. The van der Waals surface area contributed by atoms with Crippen LogP contribution < -0.4 is 5.32 Å². The number of phosphoric ester groups is 1. The molecule has 0 saturated carbocycles. The van der Waals surface area contributed by atoms with Crippen LogP contribution in [0.2, 0.25) is 0 Å². The lowest BCUT2D eigenvalue weighted by atomic mass is 10.1. The number of carbonyl (C=O) groups excluding carboxylic acids is 2. The van der Waals surface area contributed by atoms with Crippen molar-refractivity contribution < 1.29 is 37.9 Å². The molecule has 0 fully saturated rings. The van der Waals surface area contributed by atoms with Gasteiger partial charge in [0, 0.05) is 19.4 Å². The van der Waals surface area contributed by atoms with Gasteiger partial charge < -0.3 is 20.1 Å². The molecule has 1 amide bonds. The van der Waals surface area contributed by atoms with E-state index in [1.54, 1.807) is 0 Å². The first-order valence-corrected chi connectivity index (χ1v) is 21.8. The molecule has 0 heterocycles. The highest BCUT2D eigenvalue weighted by Gasteiger charge is 2.23. The van der Waals surface area contributed by atoms with Crippen LogP contribution >= 0.6 is 7.82 Å². The summed E-state index contributed by atoms with van der Waals surface area (Å²) >= 11 is 0. The van der Waals surface area contributed by atoms with Crippen LogP contribution in [0.4, 0.5) is 0 Å². The number of esters is 1. The number of hydrogen-bond acceptors (Lipinski definition) is 7. The molecule has 2 unspecified atom stereocenters. The smallest absolute Gasteiger partial charge is 0.463 e. The summed E-state index contributed by atoms with van der Waals surface area (Å²) in [6.07, 6.45) is 44.4. The van der Waals surface area contributed by atoms with Crippen molar-refractivity contribution in [1.29, 1.82) is 0 Å². The fourth-order valence-corrected chi connectivity index (χ4v) is 5.89. The van der Waals surface area contributed by atoms with Crippen LogP contribution in [0.15, 0.2) is 60.8 Å². The van der Waals surface area contributed by atoms with Crippen molar-refractivity contribution in [1.82, 2.24) is 5.32 Å². The summed E-state index contributed by atoms with van der Waals surface area (Å²) in [5, 5.41) is 12.6. The largest absolute Gasteiger partial charge is 0.472 e. The standard InChI is InChI=1S/C42H74NO8P/c1-3-5-7-9-11-13-15-17-19-21-23-25-27-29-31-33-35-42(46)49-38-40(44)39-51-52(47,48)50-37-36-43-41(45)34-32-30-28-26-24-22-20-18-16-14-12-10-8-6-4-2/h6,8,12,14,18-21,24,26,40,44H,3-5,7,9-11,13,15-17,22-23,25,27-39H2,1-2H3,(H,43,45)(H,47,48)/b8-6-,14-12-,20-18-,21-19-,26-24-. The molecule has 0 radical (unpaired) electrons. The molecule has 300 valence electrons. The van der Waals surface area contributed by atoms with Gasteiger partial charge in [-0.25, -0.2) is 4.57 Å². The highest BCUT2D eigenvalue weighted by Crippen LogP contribution is 2.42. The molecule has 10 heteroatoms. The lowest BCUT2D eigenvalue weighted by molar-refractivity contribution is -0.147. The normalized spacial score (nSPS) is 14.0. The summed E-state index contributed by atoms with van der Waals surface area (Å²) in [5.74, 6) is -0.571. The predicted molar refractivity (Wildman–Crippen MR) is 215 cm³/mol.